The SMILES string of the molecule is Cc1ccc2nc(N3CCN(CCNC(=O)c4cccc(F)c4)CC3)sc2c1. The van der Waals surface area contributed by atoms with E-state index in [-0.39, 0.29) is 5.91 Å². The maximum absolute atomic E-state index is 13.2. The predicted molar refractivity (Wildman–Crippen MR) is 112 cm³/mol. The number of benzene rings is 2. The van der Waals surface area contributed by atoms with Gasteiger partial charge in [-0.2, -0.15) is 0 Å². The van der Waals surface area contributed by atoms with Crippen molar-refractivity contribution in [2.75, 3.05) is 44.2 Å². The maximum Gasteiger partial charge on any atom is 0.251 e. The number of carbonyl (C=O) groups is 1. The number of hydrogen-bond donors (Lipinski definition) is 1. The van der Waals surface area contributed by atoms with Crippen molar-refractivity contribution >= 4 is 32.6 Å². The molecule has 28 heavy (non-hydrogen) atoms. The topological polar surface area (TPSA) is 48.5 Å². The number of nitrogens with zero attached hydrogens (tertiary/aromatic N) is 3. The second-order valence-electron chi connectivity index (χ2n) is 7.06. The molecular formula is C21H23FN4OS. The lowest BCUT2D eigenvalue weighted by Crippen LogP contribution is -2.48. The van der Waals surface area contributed by atoms with E-state index in [2.05, 4.69) is 40.2 Å². The van der Waals surface area contributed by atoms with Gasteiger partial charge in [0.2, 0.25) is 0 Å². The Morgan fingerprint density at radius 3 is 2.79 bits per heavy atom. The molecule has 0 bridgehead atoms. The molecule has 1 amide bonds. The molecule has 1 aromatic heterocycles. The van der Waals surface area contributed by atoms with Gasteiger partial charge in [0.05, 0.1) is 10.2 Å². The lowest BCUT2D eigenvalue weighted by molar-refractivity contribution is 0.0947. The Balaban J connectivity index is 1.25. The highest BCUT2D eigenvalue weighted by Crippen LogP contribution is 2.29. The largest absolute Gasteiger partial charge is 0.351 e. The molecule has 1 saturated heterocycles. The quantitative estimate of drug-likeness (QED) is 0.717. The van der Waals surface area contributed by atoms with Crippen LogP contribution in [0.3, 0.4) is 0 Å². The number of rotatable bonds is 5. The van der Waals surface area contributed by atoms with E-state index in [1.165, 1.54) is 22.4 Å². The van der Waals surface area contributed by atoms with Gasteiger partial charge in [0.25, 0.3) is 5.91 Å². The minimum Gasteiger partial charge on any atom is -0.351 e. The number of amides is 1. The van der Waals surface area contributed by atoms with Crippen molar-refractivity contribution in [3.8, 4) is 0 Å². The molecular weight excluding hydrogens is 375 g/mol. The summed E-state index contributed by atoms with van der Waals surface area (Å²) in [5, 5.41) is 3.95. The van der Waals surface area contributed by atoms with Gasteiger partial charge in [-0.15, -0.1) is 0 Å². The standard InChI is InChI=1S/C21H23FN4OS/c1-15-5-6-18-19(13-15)28-21(24-18)26-11-9-25(10-12-26)8-7-23-20(27)16-3-2-4-17(22)14-16/h2-6,13-14H,7-12H2,1H3,(H,23,27). The van der Waals surface area contributed by atoms with Crippen molar-refractivity contribution in [1.82, 2.24) is 15.2 Å². The Hall–Kier alpha value is -2.51. The average molecular weight is 399 g/mol. The predicted octanol–water partition coefficient (Wildman–Crippen LogP) is 3.30. The molecule has 0 unspecified atom stereocenters. The first kappa shape index (κ1) is 18.8. The first-order valence-corrected chi connectivity index (χ1v) is 10.3. The van der Waals surface area contributed by atoms with Crippen molar-refractivity contribution in [2.24, 2.45) is 0 Å². The molecule has 1 aliphatic heterocycles. The Kier molecular flexibility index (Phi) is 5.54. The third-order valence-electron chi connectivity index (χ3n) is 4.98. The van der Waals surface area contributed by atoms with Crippen LogP contribution in [0.25, 0.3) is 10.2 Å². The molecule has 2 heterocycles. The monoisotopic (exact) mass is 398 g/mol. The Morgan fingerprint density at radius 1 is 1.18 bits per heavy atom. The fourth-order valence-corrected chi connectivity index (χ4v) is 4.49. The summed E-state index contributed by atoms with van der Waals surface area (Å²) in [6.45, 7) is 7.16. The normalized spacial score (nSPS) is 15.1. The minimum atomic E-state index is -0.395. The molecule has 4 rings (SSSR count). The summed E-state index contributed by atoms with van der Waals surface area (Å²) in [5.74, 6) is -0.628. The molecule has 0 saturated carbocycles. The number of hydrogen-bond acceptors (Lipinski definition) is 5. The molecule has 1 aliphatic rings. The van der Waals surface area contributed by atoms with Crippen molar-refractivity contribution in [2.45, 2.75) is 6.92 Å². The number of thiazole rings is 1. The van der Waals surface area contributed by atoms with Gasteiger partial charge in [-0.05, 0) is 42.8 Å². The fraction of sp³-hybridized carbons (Fsp3) is 0.333. The van der Waals surface area contributed by atoms with Gasteiger partial charge in [-0.25, -0.2) is 9.37 Å². The Labute approximate surface area is 167 Å². The van der Waals surface area contributed by atoms with E-state index in [4.69, 9.17) is 4.98 Å². The maximum atomic E-state index is 13.2. The van der Waals surface area contributed by atoms with Crippen LogP contribution in [-0.2, 0) is 0 Å². The van der Waals surface area contributed by atoms with E-state index < -0.39 is 5.82 Å². The minimum absolute atomic E-state index is 0.233. The number of piperazine rings is 1. The zero-order valence-electron chi connectivity index (χ0n) is 15.8. The lowest BCUT2D eigenvalue weighted by atomic mass is 10.2. The van der Waals surface area contributed by atoms with Crippen LogP contribution in [0.4, 0.5) is 9.52 Å². The van der Waals surface area contributed by atoms with Crippen molar-refractivity contribution in [3.63, 3.8) is 0 Å². The van der Waals surface area contributed by atoms with Gasteiger partial charge in [-0.1, -0.05) is 23.5 Å². The molecule has 0 radical (unpaired) electrons. The molecule has 1 fully saturated rings. The summed E-state index contributed by atoms with van der Waals surface area (Å²) < 4.78 is 14.4. The zero-order valence-corrected chi connectivity index (χ0v) is 16.6. The van der Waals surface area contributed by atoms with Gasteiger partial charge in [0.15, 0.2) is 5.13 Å². The summed E-state index contributed by atoms with van der Waals surface area (Å²) in [4.78, 5) is 21.5. The molecule has 5 nitrogen and oxygen atoms in total. The van der Waals surface area contributed by atoms with Crippen molar-refractivity contribution < 1.29 is 9.18 Å². The summed E-state index contributed by atoms with van der Waals surface area (Å²) in [7, 11) is 0. The second kappa shape index (κ2) is 8.24. The number of halogens is 1. The highest BCUT2D eigenvalue weighted by Gasteiger charge is 2.19. The van der Waals surface area contributed by atoms with Crippen LogP contribution >= 0.6 is 11.3 Å². The molecule has 146 valence electrons. The van der Waals surface area contributed by atoms with E-state index in [0.717, 1.165) is 43.4 Å². The molecule has 2 aromatic carbocycles. The zero-order chi connectivity index (χ0) is 19.5. The van der Waals surface area contributed by atoms with Crippen LogP contribution in [-0.4, -0.2) is 55.1 Å². The Bertz CT molecular complexity index is 981. The van der Waals surface area contributed by atoms with Crippen molar-refractivity contribution in [1.29, 1.82) is 0 Å². The fourth-order valence-electron chi connectivity index (χ4n) is 3.38. The van der Waals surface area contributed by atoms with Gasteiger partial charge >= 0.3 is 0 Å². The van der Waals surface area contributed by atoms with Crippen LogP contribution in [0.5, 0.6) is 0 Å². The number of carbonyl (C=O) groups excluding carboxylic acids is 1. The summed E-state index contributed by atoms with van der Waals surface area (Å²) in [6.07, 6.45) is 0. The smallest absolute Gasteiger partial charge is 0.251 e. The van der Waals surface area contributed by atoms with Gasteiger partial charge in [-0.3, -0.25) is 9.69 Å². The summed E-state index contributed by atoms with van der Waals surface area (Å²) >= 11 is 1.75. The number of fused-ring (bicyclic) bond motifs is 1. The van der Waals surface area contributed by atoms with Crippen LogP contribution in [0, 0.1) is 12.7 Å². The first-order valence-electron chi connectivity index (χ1n) is 9.47. The van der Waals surface area contributed by atoms with Gasteiger partial charge < -0.3 is 10.2 Å². The van der Waals surface area contributed by atoms with E-state index in [1.807, 2.05) is 0 Å². The summed E-state index contributed by atoms with van der Waals surface area (Å²) in [6, 6.07) is 12.1. The number of anilines is 1. The molecule has 3 aromatic rings. The molecule has 0 aliphatic carbocycles. The second-order valence-corrected chi connectivity index (χ2v) is 8.07. The lowest BCUT2D eigenvalue weighted by Gasteiger charge is -2.34. The summed E-state index contributed by atoms with van der Waals surface area (Å²) in [5.41, 5.74) is 2.68. The van der Waals surface area contributed by atoms with E-state index in [1.54, 1.807) is 23.5 Å². The average Bonchev–Trinajstić information content (AvgIpc) is 3.11. The number of nitrogens with one attached hydrogen (secondary N) is 1. The third-order valence-corrected chi connectivity index (χ3v) is 6.05. The molecule has 0 atom stereocenters. The number of aromatic nitrogens is 1. The third kappa shape index (κ3) is 4.31. The number of aryl methyl sites for hydroxylation is 1. The highest BCUT2D eigenvalue weighted by atomic mass is 32.1. The highest BCUT2D eigenvalue weighted by molar-refractivity contribution is 7.22. The van der Waals surface area contributed by atoms with Crippen LogP contribution in [0.15, 0.2) is 42.5 Å². The first-order chi connectivity index (χ1) is 13.6. The van der Waals surface area contributed by atoms with E-state index >= 15 is 0 Å². The molecule has 7 heteroatoms. The molecule has 1 N–H and O–H groups in total. The van der Waals surface area contributed by atoms with Crippen LogP contribution in [0.2, 0.25) is 0 Å². The molecule has 0 spiro atoms. The van der Waals surface area contributed by atoms with Gasteiger partial charge in [0, 0.05) is 44.8 Å². The Morgan fingerprint density at radius 2 is 2.00 bits per heavy atom. The van der Waals surface area contributed by atoms with Crippen LogP contribution < -0.4 is 10.2 Å². The van der Waals surface area contributed by atoms with Crippen molar-refractivity contribution in [3.05, 3.63) is 59.4 Å². The van der Waals surface area contributed by atoms with Crippen LogP contribution in [0.1, 0.15) is 15.9 Å². The van der Waals surface area contributed by atoms with E-state index in [0.29, 0.717) is 12.1 Å². The van der Waals surface area contributed by atoms with Gasteiger partial charge in [0.1, 0.15) is 5.82 Å². The van der Waals surface area contributed by atoms with E-state index in [9.17, 15) is 9.18 Å².